The van der Waals surface area contributed by atoms with E-state index >= 15 is 0 Å². The number of benzene rings is 3. The molecule has 0 aromatic heterocycles. The van der Waals surface area contributed by atoms with Crippen molar-refractivity contribution < 1.29 is 4.79 Å². The van der Waals surface area contributed by atoms with Crippen LogP contribution >= 0.6 is 11.6 Å². The van der Waals surface area contributed by atoms with Crippen LogP contribution in [0.15, 0.2) is 84.9 Å². The number of para-hydroxylation sites is 1. The Morgan fingerprint density at radius 1 is 0.938 bits per heavy atom. The lowest BCUT2D eigenvalue weighted by Gasteiger charge is -2.35. The number of ketones is 1. The third-order valence-electron chi connectivity index (χ3n) is 6.45. The highest BCUT2D eigenvalue weighted by molar-refractivity contribution is 6.30. The van der Waals surface area contributed by atoms with Crippen LogP contribution in [0.25, 0.3) is 6.08 Å². The lowest BCUT2D eigenvalue weighted by molar-refractivity contribution is 0.0951. The van der Waals surface area contributed by atoms with Crippen LogP contribution in [0.3, 0.4) is 0 Å². The zero-order chi connectivity index (χ0) is 22.3. The lowest BCUT2D eigenvalue weighted by Crippen LogP contribution is -2.44. The van der Waals surface area contributed by atoms with E-state index in [1.54, 1.807) is 30.3 Å². The van der Waals surface area contributed by atoms with Gasteiger partial charge in [0, 0.05) is 22.2 Å². The fourth-order valence-electron chi connectivity index (χ4n) is 5.08. The van der Waals surface area contributed by atoms with Gasteiger partial charge in [-0.25, -0.2) is 0 Å². The van der Waals surface area contributed by atoms with Gasteiger partial charge in [0.25, 0.3) is 0 Å². The molecule has 4 nitrogen and oxygen atoms in total. The maximum absolute atomic E-state index is 14.0. The van der Waals surface area contributed by atoms with Crippen LogP contribution in [-0.2, 0) is 0 Å². The third kappa shape index (κ3) is 2.85. The zero-order valence-electron chi connectivity index (χ0n) is 17.0. The first-order chi connectivity index (χ1) is 15.6. The third-order valence-corrected chi connectivity index (χ3v) is 6.69. The number of hydrogen-bond donors (Lipinski definition) is 0. The molecule has 32 heavy (non-hydrogen) atoms. The van der Waals surface area contributed by atoms with Crippen molar-refractivity contribution in [3.05, 3.63) is 107 Å². The molecule has 1 saturated heterocycles. The molecule has 0 saturated carbocycles. The molecule has 2 aliphatic heterocycles. The van der Waals surface area contributed by atoms with Gasteiger partial charge >= 0.3 is 0 Å². The highest BCUT2D eigenvalue weighted by atomic mass is 35.5. The molecule has 0 aliphatic carbocycles. The summed E-state index contributed by atoms with van der Waals surface area (Å²) in [4.78, 5) is 15.9. The molecule has 2 heterocycles. The van der Waals surface area contributed by atoms with Crippen molar-refractivity contribution in [3.8, 4) is 12.1 Å². The number of carbonyl (C=O) groups excluding carboxylic acids is 1. The summed E-state index contributed by atoms with van der Waals surface area (Å²) in [6.07, 6.45) is 3.81. The molecule has 3 aromatic rings. The van der Waals surface area contributed by atoms with E-state index in [0.717, 1.165) is 11.3 Å². The van der Waals surface area contributed by atoms with Gasteiger partial charge < -0.3 is 4.90 Å². The highest BCUT2D eigenvalue weighted by Gasteiger charge is 2.63. The molecular formula is C27H18ClN3O. The molecule has 0 spiro atoms. The Labute approximate surface area is 191 Å². The summed E-state index contributed by atoms with van der Waals surface area (Å²) in [5.41, 5.74) is 1.57. The van der Waals surface area contributed by atoms with E-state index < -0.39 is 23.4 Å². The maximum atomic E-state index is 14.0. The van der Waals surface area contributed by atoms with E-state index in [-0.39, 0.29) is 5.78 Å². The Morgan fingerprint density at radius 3 is 2.38 bits per heavy atom. The van der Waals surface area contributed by atoms with Crippen LogP contribution in [0.2, 0.25) is 5.02 Å². The van der Waals surface area contributed by atoms with E-state index in [4.69, 9.17) is 11.6 Å². The quantitative estimate of drug-likeness (QED) is 0.500. The van der Waals surface area contributed by atoms with Crippen molar-refractivity contribution in [1.82, 2.24) is 0 Å². The van der Waals surface area contributed by atoms with Crippen LogP contribution in [0.4, 0.5) is 5.69 Å². The van der Waals surface area contributed by atoms with Gasteiger partial charge in [0.05, 0.1) is 18.2 Å². The minimum atomic E-state index is -1.47. The predicted octanol–water partition coefficient (Wildman–Crippen LogP) is 5.62. The van der Waals surface area contributed by atoms with Crippen molar-refractivity contribution in [2.45, 2.75) is 18.0 Å². The largest absolute Gasteiger partial charge is 0.351 e. The van der Waals surface area contributed by atoms with Crippen molar-refractivity contribution >= 4 is 29.1 Å². The SMILES string of the molecule is N#CC1(C#N)[C@H](c2cccc(Cl)c2)[C@@H](C(=O)c2ccccc2)N2c3ccccc3C=C[C@H]21. The zero-order valence-corrected chi connectivity index (χ0v) is 17.8. The molecule has 0 bridgehead atoms. The minimum absolute atomic E-state index is 0.127. The monoisotopic (exact) mass is 435 g/mol. The molecule has 5 rings (SSSR count). The van der Waals surface area contributed by atoms with Gasteiger partial charge in [-0.05, 0) is 29.3 Å². The predicted molar refractivity (Wildman–Crippen MR) is 124 cm³/mol. The van der Waals surface area contributed by atoms with Crippen LogP contribution in [-0.4, -0.2) is 17.9 Å². The summed E-state index contributed by atoms with van der Waals surface area (Å²) < 4.78 is 0. The second kappa shape index (κ2) is 7.68. The first kappa shape index (κ1) is 20.1. The van der Waals surface area contributed by atoms with E-state index in [1.807, 2.05) is 65.6 Å². The molecule has 0 radical (unpaired) electrons. The Hall–Kier alpha value is -3.86. The topological polar surface area (TPSA) is 67.9 Å². The second-order valence-electron chi connectivity index (χ2n) is 8.07. The highest BCUT2D eigenvalue weighted by Crippen LogP contribution is 2.55. The van der Waals surface area contributed by atoms with E-state index in [2.05, 4.69) is 12.1 Å². The average Bonchev–Trinajstić information content (AvgIpc) is 3.15. The summed E-state index contributed by atoms with van der Waals surface area (Å²) in [5, 5.41) is 21.3. The number of fused-ring (bicyclic) bond motifs is 3. The number of carbonyl (C=O) groups is 1. The number of halogens is 1. The van der Waals surface area contributed by atoms with Gasteiger partial charge in [0.2, 0.25) is 0 Å². The summed E-state index contributed by atoms with van der Waals surface area (Å²) in [5.74, 6) is -0.817. The van der Waals surface area contributed by atoms with Crippen molar-refractivity contribution in [2.24, 2.45) is 5.41 Å². The smallest absolute Gasteiger partial charge is 0.185 e. The molecule has 2 aliphatic rings. The molecule has 1 fully saturated rings. The Bertz CT molecular complexity index is 1300. The number of hydrogen-bond acceptors (Lipinski definition) is 4. The number of nitrogens with zero attached hydrogens (tertiary/aromatic N) is 3. The second-order valence-corrected chi connectivity index (χ2v) is 8.51. The molecule has 0 unspecified atom stereocenters. The van der Waals surface area contributed by atoms with Crippen molar-refractivity contribution in [1.29, 1.82) is 10.5 Å². The summed E-state index contributed by atoms with van der Waals surface area (Å²) in [6, 6.07) is 27.3. The molecule has 5 heteroatoms. The fourth-order valence-corrected chi connectivity index (χ4v) is 5.28. The van der Waals surface area contributed by atoms with E-state index in [0.29, 0.717) is 16.1 Å². The Balaban J connectivity index is 1.80. The van der Waals surface area contributed by atoms with Crippen molar-refractivity contribution in [2.75, 3.05) is 4.90 Å². The standard InChI is InChI=1S/C27H18ClN3O/c28-21-11-6-10-20(15-21)24-25(26(32)19-8-2-1-3-9-19)31-22-12-5-4-7-18(22)13-14-23(31)27(24,16-29)17-30/h1-15,23-25H/t23-,24+,25-/m0/s1. The van der Waals surface area contributed by atoms with Crippen LogP contribution in [0, 0.1) is 28.1 Å². The molecule has 0 amide bonds. The first-order valence-electron chi connectivity index (χ1n) is 10.3. The van der Waals surface area contributed by atoms with Gasteiger partial charge in [-0.3, -0.25) is 4.79 Å². The van der Waals surface area contributed by atoms with Gasteiger partial charge in [-0.2, -0.15) is 10.5 Å². The van der Waals surface area contributed by atoms with Gasteiger partial charge in [-0.1, -0.05) is 84.4 Å². The van der Waals surface area contributed by atoms with Crippen LogP contribution in [0.5, 0.6) is 0 Å². The number of rotatable bonds is 3. The summed E-state index contributed by atoms with van der Waals surface area (Å²) in [6.45, 7) is 0. The first-order valence-corrected chi connectivity index (χ1v) is 10.7. The molecule has 154 valence electrons. The normalized spacial score (nSPS) is 22.3. The molecule has 0 N–H and O–H groups in total. The Kier molecular flexibility index (Phi) is 4.82. The number of nitriles is 2. The molecule has 3 aromatic carbocycles. The van der Waals surface area contributed by atoms with Crippen LogP contribution in [0.1, 0.15) is 27.4 Å². The van der Waals surface area contributed by atoms with Crippen LogP contribution < -0.4 is 4.90 Å². The minimum Gasteiger partial charge on any atom is -0.351 e. The molecule has 3 atom stereocenters. The van der Waals surface area contributed by atoms with Gasteiger partial charge in [0.1, 0.15) is 6.04 Å². The lowest BCUT2D eigenvalue weighted by atomic mass is 9.69. The van der Waals surface area contributed by atoms with Crippen molar-refractivity contribution in [3.63, 3.8) is 0 Å². The molecular weight excluding hydrogens is 418 g/mol. The van der Waals surface area contributed by atoms with E-state index in [1.165, 1.54) is 0 Å². The van der Waals surface area contributed by atoms with Gasteiger partial charge in [-0.15, -0.1) is 0 Å². The fraction of sp³-hybridized carbons (Fsp3) is 0.148. The van der Waals surface area contributed by atoms with E-state index in [9.17, 15) is 15.3 Å². The number of anilines is 1. The summed E-state index contributed by atoms with van der Waals surface area (Å²) >= 11 is 6.30. The average molecular weight is 436 g/mol. The maximum Gasteiger partial charge on any atom is 0.185 e. The Morgan fingerprint density at radius 2 is 1.66 bits per heavy atom. The van der Waals surface area contributed by atoms with Gasteiger partial charge in [0.15, 0.2) is 11.2 Å². The summed E-state index contributed by atoms with van der Waals surface area (Å²) in [7, 11) is 0. The number of Topliss-reactive ketones (excluding diaryl/α,β-unsaturated/α-hetero) is 1.